The van der Waals surface area contributed by atoms with E-state index in [1.54, 1.807) is 17.5 Å². The van der Waals surface area contributed by atoms with Gasteiger partial charge in [0.1, 0.15) is 6.54 Å². The highest BCUT2D eigenvalue weighted by Gasteiger charge is 2.18. The minimum atomic E-state index is -1.01. The summed E-state index contributed by atoms with van der Waals surface area (Å²) in [5, 5.41) is 14.5. The molecule has 0 aliphatic carbocycles. The Morgan fingerprint density at radius 1 is 1.45 bits per heavy atom. The summed E-state index contributed by atoms with van der Waals surface area (Å²) in [6.07, 6.45) is 1.73. The third-order valence-corrected chi connectivity index (χ3v) is 3.64. The Labute approximate surface area is 122 Å². The van der Waals surface area contributed by atoms with Crippen LogP contribution in [0, 0.1) is 5.92 Å². The number of carbonyl (C=O) groups is 2. The molecule has 7 heteroatoms. The Hall–Kier alpha value is -1.63. The molecule has 0 fully saturated rings. The normalized spacial score (nSPS) is 12.2. The summed E-state index contributed by atoms with van der Waals surface area (Å²) in [5.41, 5.74) is 0. The number of thiazole rings is 1. The van der Waals surface area contributed by atoms with Crippen molar-refractivity contribution in [2.75, 3.05) is 19.6 Å². The van der Waals surface area contributed by atoms with Gasteiger partial charge in [0.05, 0.1) is 5.01 Å². The standard InChI is InChI=1S/C13H21N3O3S/c1-9(2)7-16(8-11(17)18)13(19)15-6-10(3)12-14-4-5-20-12/h4-5,9-10H,6-8H2,1-3H3,(H,15,19)(H,17,18). The van der Waals surface area contributed by atoms with Crippen LogP contribution in [0.5, 0.6) is 0 Å². The van der Waals surface area contributed by atoms with Gasteiger partial charge in [-0.15, -0.1) is 11.3 Å². The lowest BCUT2D eigenvalue weighted by molar-refractivity contribution is -0.137. The van der Waals surface area contributed by atoms with Gasteiger partial charge < -0.3 is 15.3 Å². The van der Waals surface area contributed by atoms with Gasteiger partial charge in [0.2, 0.25) is 0 Å². The quantitative estimate of drug-likeness (QED) is 0.806. The van der Waals surface area contributed by atoms with Crippen LogP contribution >= 0.6 is 11.3 Å². The van der Waals surface area contributed by atoms with Crippen molar-refractivity contribution in [3.8, 4) is 0 Å². The van der Waals surface area contributed by atoms with Crippen LogP contribution in [-0.2, 0) is 4.79 Å². The molecule has 0 spiro atoms. The number of carboxylic acid groups (broad SMARTS) is 1. The van der Waals surface area contributed by atoms with Crippen LogP contribution < -0.4 is 5.32 Å². The maximum absolute atomic E-state index is 12.0. The van der Waals surface area contributed by atoms with Crippen LogP contribution in [0.15, 0.2) is 11.6 Å². The van der Waals surface area contributed by atoms with Gasteiger partial charge in [-0.3, -0.25) is 4.79 Å². The number of urea groups is 1. The zero-order valence-electron chi connectivity index (χ0n) is 12.0. The van der Waals surface area contributed by atoms with E-state index in [0.29, 0.717) is 13.1 Å². The fourth-order valence-electron chi connectivity index (χ4n) is 1.74. The van der Waals surface area contributed by atoms with Crippen LogP contribution in [0.1, 0.15) is 31.7 Å². The summed E-state index contributed by atoms with van der Waals surface area (Å²) in [6.45, 7) is 6.45. The molecule has 6 nitrogen and oxygen atoms in total. The molecule has 0 bridgehead atoms. The number of hydrogen-bond donors (Lipinski definition) is 2. The summed E-state index contributed by atoms with van der Waals surface area (Å²) in [5.74, 6) is -0.671. The van der Waals surface area contributed by atoms with Crippen LogP contribution in [0.25, 0.3) is 0 Å². The fraction of sp³-hybridized carbons (Fsp3) is 0.615. The molecular weight excluding hydrogens is 278 g/mol. The Balaban J connectivity index is 2.50. The highest BCUT2D eigenvalue weighted by molar-refractivity contribution is 7.09. The average molecular weight is 299 g/mol. The molecule has 112 valence electrons. The van der Waals surface area contributed by atoms with Crippen LogP contribution in [0.2, 0.25) is 0 Å². The molecule has 0 aromatic carbocycles. The minimum absolute atomic E-state index is 0.115. The Morgan fingerprint density at radius 2 is 2.15 bits per heavy atom. The molecule has 0 aliphatic heterocycles. The second kappa shape index (κ2) is 7.84. The first-order valence-corrected chi connectivity index (χ1v) is 7.42. The van der Waals surface area contributed by atoms with E-state index in [1.165, 1.54) is 4.90 Å². The van der Waals surface area contributed by atoms with E-state index in [0.717, 1.165) is 5.01 Å². The van der Waals surface area contributed by atoms with Crippen molar-refractivity contribution < 1.29 is 14.7 Å². The number of aliphatic carboxylic acids is 1. The summed E-state index contributed by atoms with van der Waals surface area (Å²) >= 11 is 1.54. The molecule has 0 aliphatic rings. The van der Waals surface area contributed by atoms with Crippen molar-refractivity contribution in [3.63, 3.8) is 0 Å². The van der Waals surface area contributed by atoms with Crippen LogP contribution in [0.3, 0.4) is 0 Å². The summed E-state index contributed by atoms with van der Waals surface area (Å²) < 4.78 is 0. The molecule has 0 saturated carbocycles. The van der Waals surface area contributed by atoms with Crippen molar-refractivity contribution >= 4 is 23.3 Å². The van der Waals surface area contributed by atoms with E-state index >= 15 is 0 Å². The SMILES string of the molecule is CC(C)CN(CC(=O)O)C(=O)NCC(C)c1nccs1. The number of aromatic nitrogens is 1. The topological polar surface area (TPSA) is 82.5 Å². The first-order valence-electron chi connectivity index (χ1n) is 6.54. The van der Waals surface area contributed by atoms with Gasteiger partial charge in [-0.25, -0.2) is 9.78 Å². The maximum Gasteiger partial charge on any atom is 0.323 e. The monoisotopic (exact) mass is 299 g/mol. The molecule has 2 N–H and O–H groups in total. The van der Waals surface area contributed by atoms with Gasteiger partial charge in [0.25, 0.3) is 0 Å². The maximum atomic E-state index is 12.0. The molecular formula is C13H21N3O3S. The summed E-state index contributed by atoms with van der Waals surface area (Å²) in [6, 6.07) is -0.343. The zero-order chi connectivity index (χ0) is 15.1. The first kappa shape index (κ1) is 16.4. The molecule has 1 rings (SSSR count). The molecule has 1 aromatic rings. The lowest BCUT2D eigenvalue weighted by atomic mass is 10.2. The van der Waals surface area contributed by atoms with Crippen LogP contribution in [-0.4, -0.2) is 46.6 Å². The molecule has 1 unspecified atom stereocenters. The number of rotatable bonds is 7. The minimum Gasteiger partial charge on any atom is -0.480 e. The van der Waals surface area contributed by atoms with E-state index in [4.69, 9.17) is 5.11 Å². The van der Waals surface area contributed by atoms with E-state index in [2.05, 4.69) is 10.3 Å². The van der Waals surface area contributed by atoms with E-state index < -0.39 is 5.97 Å². The number of hydrogen-bond acceptors (Lipinski definition) is 4. The largest absolute Gasteiger partial charge is 0.480 e. The molecule has 1 heterocycles. The van der Waals surface area contributed by atoms with Crippen molar-refractivity contribution in [2.24, 2.45) is 5.92 Å². The van der Waals surface area contributed by atoms with Gasteiger partial charge in [-0.1, -0.05) is 20.8 Å². The Morgan fingerprint density at radius 3 is 2.65 bits per heavy atom. The number of carboxylic acids is 1. The molecule has 2 amide bonds. The number of nitrogens with one attached hydrogen (secondary N) is 1. The van der Waals surface area contributed by atoms with Crippen molar-refractivity contribution in [2.45, 2.75) is 26.7 Å². The third-order valence-electron chi connectivity index (χ3n) is 2.63. The Bertz CT molecular complexity index is 434. The molecule has 0 radical (unpaired) electrons. The fourth-order valence-corrected chi connectivity index (χ4v) is 2.44. The smallest absolute Gasteiger partial charge is 0.323 e. The molecule has 20 heavy (non-hydrogen) atoms. The highest BCUT2D eigenvalue weighted by Crippen LogP contribution is 2.16. The van der Waals surface area contributed by atoms with E-state index in [-0.39, 0.29) is 24.4 Å². The van der Waals surface area contributed by atoms with Gasteiger partial charge >= 0.3 is 12.0 Å². The second-order valence-electron chi connectivity index (χ2n) is 5.13. The zero-order valence-corrected chi connectivity index (χ0v) is 12.8. The summed E-state index contributed by atoms with van der Waals surface area (Å²) in [4.78, 5) is 28.3. The van der Waals surface area contributed by atoms with E-state index in [1.807, 2.05) is 26.2 Å². The lowest BCUT2D eigenvalue weighted by Gasteiger charge is -2.23. The van der Waals surface area contributed by atoms with Gasteiger partial charge in [0.15, 0.2) is 0 Å². The van der Waals surface area contributed by atoms with Crippen LogP contribution in [0.4, 0.5) is 4.79 Å². The van der Waals surface area contributed by atoms with Crippen molar-refractivity contribution in [1.82, 2.24) is 15.2 Å². The number of amides is 2. The first-order chi connectivity index (χ1) is 9.40. The summed E-state index contributed by atoms with van der Waals surface area (Å²) in [7, 11) is 0. The van der Waals surface area contributed by atoms with Gasteiger partial charge in [0, 0.05) is 30.6 Å². The molecule has 0 saturated heterocycles. The van der Waals surface area contributed by atoms with Crippen molar-refractivity contribution in [3.05, 3.63) is 16.6 Å². The predicted octanol–water partition coefficient (Wildman–Crippen LogP) is 2.00. The van der Waals surface area contributed by atoms with E-state index in [9.17, 15) is 9.59 Å². The lowest BCUT2D eigenvalue weighted by Crippen LogP contribution is -2.45. The molecule has 1 aromatic heterocycles. The Kier molecular flexibility index (Phi) is 6.44. The molecule has 1 atom stereocenters. The number of nitrogens with zero attached hydrogens (tertiary/aromatic N) is 2. The third kappa shape index (κ3) is 5.56. The average Bonchev–Trinajstić information content (AvgIpc) is 2.87. The van der Waals surface area contributed by atoms with Crippen molar-refractivity contribution in [1.29, 1.82) is 0 Å². The van der Waals surface area contributed by atoms with Gasteiger partial charge in [-0.2, -0.15) is 0 Å². The second-order valence-corrected chi connectivity index (χ2v) is 6.05. The van der Waals surface area contributed by atoms with Gasteiger partial charge in [-0.05, 0) is 5.92 Å². The highest BCUT2D eigenvalue weighted by atomic mass is 32.1. The predicted molar refractivity (Wildman–Crippen MR) is 78.0 cm³/mol. The number of carbonyl (C=O) groups excluding carboxylic acids is 1.